The lowest BCUT2D eigenvalue weighted by Gasteiger charge is -2.44. The van der Waals surface area contributed by atoms with Crippen molar-refractivity contribution in [1.29, 1.82) is 0 Å². The normalized spacial score (nSPS) is 34.6. The molecule has 2 aliphatic carbocycles. The molecule has 3 aliphatic rings. The van der Waals surface area contributed by atoms with Crippen LogP contribution in [0, 0.1) is 11.8 Å². The van der Waals surface area contributed by atoms with Gasteiger partial charge in [-0.05, 0) is 51.0 Å². The summed E-state index contributed by atoms with van der Waals surface area (Å²) in [4.78, 5) is 2.78. The van der Waals surface area contributed by atoms with Crippen molar-refractivity contribution in [2.75, 3.05) is 19.6 Å². The first-order valence-corrected chi connectivity index (χ1v) is 9.30. The van der Waals surface area contributed by atoms with Crippen LogP contribution in [0.25, 0.3) is 0 Å². The molecule has 3 rings (SSSR count). The van der Waals surface area contributed by atoms with E-state index < -0.39 is 0 Å². The Morgan fingerprint density at radius 3 is 2.40 bits per heavy atom. The van der Waals surface area contributed by atoms with Gasteiger partial charge in [-0.2, -0.15) is 0 Å². The van der Waals surface area contributed by atoms with Gasteiger partial charge in [-0.1, -0.05) is 38.5 Å². The lowest BCUT2D eigenvalue weighted by molar-refractivity contribution is 0.0604. The highest BCUT2D eigenvalue weighted by molar-refractivity contribution is 4.86. The molecule has 0 spiro atoms. The zero-order valence-corrected chi connectivity index (χ0v) is 13.4. The van der Waals surface area contributed by atoms with E-state index in [4.69, 9.17) is 0 Å². The van der Waals surface area contributed by atoms with Gasteiger partial charge in [-0.25, -0.2) is 0 Å². The van der Waals surface area contributed by atoms with Gasteiger partial charge in [0.25, 0.3) is 0 Å². The van der Waals surface area contributed by atoms with Crippen molar-refractivity contribution in [2.24, 2.45) is 11.8 Å². The Kier molecular flexibility index (Phi) is 5.39. The van der Waals surface area contributed by atoms with E-state index >= 15 is 0 Å². The van der Waals surface area contributed by atoms with Crippen molar-refractivity contribution in [1.82, 2.24) is 10.2 Å². The summed E-state index contributed by atoms with van der Waals surface area (Å²) in [7, 11) is 0. The summed E-state index contributed by atoms with van der Waals surface area (Å²) in [5.41, 5.74) is 0. The largest absolute Gasteiger partial charge is 0.312 e. The van der Waals surface area contributed by atoms with E-state index in [1.807, 2.05) is 0 Å². The quantitative estimate of drug-likeness (QED) is 0.841. The highest BCUT2D eigenvalue weighted by Crippen LogP contribution is 2.36. The minimum absolute atomic E-state index is 0.736. The molecule has 0 aromatic heterocycles. The van der Waals surface area contributed by atoms with Crippen molar-refractivity contribution < 1.29 is 0 Å². The molecule has 116 valence electrons. The minimum atomic E-state index is 0.736. The monoisotopic (exact) mass is 278 g/mol. The number of rotatable bonds is 4. The Bertz CT molecular complexity index is 285. The highest BCUT2D eigenvalue weighted by Gasteiger charge is 2.32. The van der Waals surface area contributed by atoms with Crippen molar-refractivity contribution >= 4 is 0 Å². The summed E-state index contributed by atoms with van der Waals surface area (Å²) in [5, 5.41) is 3.85. The lowest BCUT2D eigenvalue weighted by Crippen LogP contribution is -2.50. The van der Waals surface area contributed by atoms with Crippen LogP contribution in [-0.4, -0.2) is 36.6 Å². The minimum Gasteiger partial charge on any atom is -0.312 e. The van der Waals surface area contributed by atoms with Crippen LogP contribution >= 0.6 is 0 Å². The summed E-state index contributed by atoms with van der Waals surface area (Å²) >= 11 is 0. The van der Waals surface area contributed by atoms with Crippen LogP contribution in [0.3, 0.4) is 0 Å². The average Bonchev–Trinajstić information content (AvgIpc) is 2.53. The number of piperidine rings is 1. The van der Waals surface area contributed by atoms with Crippen molar-refractivity contribution in [2.45, 2.75) is 83.2 Å². The van der Waals surface area contributed by atoms with Gasteiger partial charge in [0.15, 0.2) is 0 Å². The SMILES string of the molecule is CC(CNC1CCCCC1)N1CCC2CCCCC2C1. The maximum Gasteiger partial charge on any atom is 0.0192 e. The van der Waals surface area contributed by atoms with Crippen LogP contribution in [0.4, 0.5) is 0 Å². The van der Waals surface area contributed by atoms with Crippen LogP contribution in [0.2, 0.25) is 0 Å². The third-order valence-corrected chi connectivity index (χ3v) is 6.25. The molecule has 2 nitrogen and oxygen atoms in total. The Hall–Kier alpha value is -0.0800. The van der Waals surface area contributed by atoms with Crippen LogP contribution in [0.1, 0.15) is 71.1 Å². The molecule has 2 saturated carbocycles. The first-order chi connectivity index (χ1) is 9.83. The molecule has 20 heavy (non-hydrogen) atoms. The maximum atomic E-state index is 3.85. The summed E-state index contributed by atoms with van der Waals surface area (Å²) < 4.78 is 0. The first kappa shape index (κ1) is 14.8. The van der Waals surface area contributed by atoms with Gasteiger partial charge in [0.2, 0.25) is 0 Å². The second kappa shape index (κ2) is 7.26. The summed E-state index contributed by atoms with van der Waals surface area (Å²) in [5.74, 6) is 2.09. The van der Waals surface area contributed by atoms with E-state index in [0.717, 1.165) is 23.9 Å². The average molecular weight is 278 g/mol. The van der Waals surface area contributed by atoms with Gasteiger partial charge >= 0.3 is 0 Å². The molecule has 3 unspecified atom stereocenters. The smallest absolute Gasteiger partial charge is 0.0192 e. The van der Waals surface area contributed by atoms with Gasteiger partial charge in [0, 0.05) is 25.2 Å². The van der Waals surface area contributed by atoms with E-state index in [1.165, 1.54) is 83.8 Å². The number of hydrogen-bond acceptors (Lipinski definition) is 2. The van der Waals surface area contributed by atoms with E-state index in [9.17, 15) is 0 Å². The molecule has 0 aromatic carbocycles. The molecular formula is C18H34N2. The second-order valence-corrected chi connectivity index (χ2v) is 7.68. The van der Waals surface area contributed by atoms with Gasteiger partial charge in [-0.15, -0.1) is 0 Å². The molecule has 3 fully saturated rings. The third kappa shape index (κ3) is 3.76. The Labute approximate surface area is 125 Å². The zero-order chi connectivity index (χ0) is 13.8. The summed E-state index contributed by atoms with van der Waals surface area (Å²) in [6.45, 7) is 6.40. The van der Waals surface area contributed by atoms with Gasteiger partial charge < -0.3 is 5.32 Å². The molecule has 2 heteroatoms. The van der Waals surface area contributed by atoms with Crippen molar-refractivity contribution in [3.8, 4) is 0 Å². The maximum absolute atomic E-state index is 3.85. The van der Waals surface area contributed by atoms with Gasteiger partial charge in [-0.3, -0.25) is 4.90 Å². The van der Waals surface area contributed by atoms with Gasteiger partial charge in [0.05, 0.1) is 0 Å². The molecule has 3 atom stereocenters. The molecule has 0 amide bonds. The molecule has 1 heterocycles. The summed E-state index contributed by atoms with van der Waals surface area (Å²) in [6.07, 6.45) is 14.7. The molecule has 0 aromatic rings. The fraction of sp³-hybridized carbons (Fsp3) is 1.00. The fourth-order valence-corrected chi connectivity index (χ4v) is 4.80. The molecule has 1 aliphatic heterocycles. The van der Waals surface area contributed by atoms with E-state index in [1.54, 1.807) is 0 Å². The standard InChI is InChI=1S/C18H34N2/c1-15(13-19-18-9-3-2-4-10-18)20-12-11-16-7-5-6-8-17(16)14-20/h15-19H,2-14H2,1H3. The van der Waals surface area contributed by atoms with E-state index in [-0.39, 0.29) is 0 Å². The predicted molar refractivity (Wildman–Crippen MR) is 86.0 cm³/mol. The van der Waals surface area contributed by atoms with E-state index in [2.05, 4.69) is 17.1 Å². The van der Waals surface area contributed by atoms with Crippen LogP contribution < -0.4 is 5.32 Å². The molecular weight excluding hydrogens is 244 g/mol. The molecule has 1 N–H and O–H groups in total. The van der Waals surface area contributed by atoms with Crippen LogP contribution in [-0.2, 0) is 0 Å². The number of fused-ring (bicyclic) bond motifs is 1. The third-order valence-electron chi connectivity index (χ3n) is 6.25. The Morgan fingerprint density at radius 2 is 1.60 bits per heavy atom. The van der Waals surface area contributed by atoms with E-state index in [0.29, 0.717) is 0 Å². The fourth-order valence-electron chi connectivity index (χ4n) is 4.80. The lowest BCUT2D eigenvalue weighted by atomic mass is 9.75. The zero-order valence-electron chi connectivity index (χ0n) is 13.4. The molecule has 0 bridgehead atoms. The first-order valence-electron chi connectivity index (χ1n) is 9.30. The van der Waals surface area contributed by atoms with Crippen LogP contribution in [0.5, 0.6) is 0 Å². The molecule has 1 saturated heterocycles. The number of likely N-dealkylation sites (tertiary alicyclic amines) is 1. The highest BCUT2D eigenvalue weighted by atomic mass is 15.2. The number of nitrogens with zero attached hydrogens (tertiary/aromatic N) is 1. The number of hydrogen-bond donors (Lipinski definition) is 1. The Morgan fingerprint density at radius 1 is 0.900 bits per heavy atom. The predicted octanol–water partition coefficient (Wildman–Crippen LogP) is 3.81. The molecule has 0 radical (unpaired) electrons. The van der Waals surface area contributed by atoms with Crippen molar-refractivity contribution in [3.05, 3.63) is 0 Å². The van der Waals surface area contributed by atoms with Crippen LogP contribution in [0.15, 0.2) is 0 Å². The number of nitrogens with one attached hydrogen (secondary N) is 1. The van der Waals surface area contributed by atoms with Gasteiger partial charge in [0.1, 0.15) is 0 Å². The topological polar surface area (TPSA) is 15.3 Å². The Balaban J connectivity index is 1.41. The van der Waals surface area contributed by atoms with Crippen molar-refractivity contribution in [3.63, 3.8) is 0 Å². The summed E-state index contributed by atoms with van der Waals surface area (Å²) in [6, 6.07) is 1.55. The second-order valence-electron chi connectivity index (χ2n) is 7.68.